The van der Waals surface area contributed by atoms with E-state index in [2.05, 4.69) is 25.9 Å². The van der Waals surface area contributed by atoms with E-state index in [9.17, 15) is 8.78 Å². The lowest BCUT2D eigenvalue weighted by Gasteiger charge is -2.17. The third-order valence-electron chi connectivity index (χ3n) is 3.91. The van der Waals surface area contributed by atoms with Crippen LogP contribution in [0.3, 0.4) is 0 Å². The predicted octanol–water partition coefficient (Wildman–Crippen LogP) is 4.85. The molecule has 0 saturated heterocycles. The molecule has 5 nitrogen and oxygen atoms in total. The lowest BCUT2D eigenvalue weighted by Crippen LogP contribution is -2.31. The molecule has 1 heterocycles. The molecule has 0 bridgehead atoms. The van der Waals surface area contributed by atoms with Gasteiger partial charge in [0.25, 0.3) is 0 Å². The molecule has 3 rings (SSSR count). The number of nitrogens with one attached hydrogen (secondary N) is 3. The fourth-order valence-corrected chi connectivity index (χ4v) is 2.81. The Hall–Kier alpha value is -3.13. The van der Waals surface area contributed by atoms with Crippen molar-refractivity contribution >= 4 is 34.8 Å². The van der Waals surface area contributed by atoms with Gasteiger partial charge in [-0.2, -0.15) is 4.98 Å². The molecule has 144 valence electrons. The van der Waals surface area contributed by atoms with Crippen molar-refractivity contribution in [1.82, 2.24) is 15.3 Å². The fraction of sp³-hybridized carbons (Fsp3) is 0.150. The summed E-state index contributed by atoms with van der Waals surface area (Å²) in [6.07, 6.45) is 0. The highest BCUT2D eigenvalue weighted by Crippen LogP contribution is 2.18. The second kappa shape index (κ2) is 8.71. The Labute approximate surface area is 167 Å². The summed E-state index contributed by atoms with van der Waals surface area (Å²) in [7, 11) is 0. The first kappa shape index (κ1) is 19.6. The van der Waals surface area contributed by atoms with Crippen molar-refractivity contribution in [3.8, 4) is 0 Å². The highest BCUT2D eigenvalue weighted by Gasteiger charge is 2.09. The number of benzene rings is 2. The number of aromatic nitrogens is 2. The summed E-state index contributed by atoms with van der Waals surface area (Å²) in [5.41, 5.74) is 2.34. The summed E-state index contributed by atoms with van der Waals surface area (Å²) in [6.45, 7) is 3.75. The third-order valence-corrected chi connectivity index (χ3v) is 4.13. The zero-order valence-electron chi connectivity index (χ0n) is 15.3. The van der Waals surface area contributed by atoms with Crippen LogP contribution in [0.15, 0.2) is 54.6 Å². The number of nitrogens with zero attached hydrogens (tertiary/aromatic N) is 2. The lowest BCUT2D eigenvalue weighted by molar-refractivity contribution is 0.624. The summed E-state index contributed by atoms with van der Waals surface area (Å²) in [5, 5.41) is 9.51. The van der Waals surface area contributed by atoms with E-state index in [0.29, 0.717) is 22.6 Å². The number of hydrogen-bond acceptors (Lipinski definition) is 4. The topological polar surface area (TPSA) is 61.9 Å². The Balaban J connectivity index is 1.66. The molecule has 8 heteroatoms. The van der Waals surface area contributed by atoms with E-state index in [4.69, 9.17) is 12.2 Å². The van der Waals surface area contributed by atoms with Gasteiger partial charge in [-0.1, -0.05) is 12.1 Å². The second-order valence-corrected chi connectivity index (χ2v) is 6.63. The van der Waals surface area contributed by atoms with Gasteiger partial charge in [0, 0.05) is 17.4 Å². The summed E-state index contributed by atoms with van der Waals surface area (Å²) >= 11 is 5.33. The molecule has 1 atom stereocenters. The largest absolute Gasteiger partial charge is 0.356 e. The maximum atomic E-state index is 13.1. The van der Waals surface area contributed by atoms with Gasteiger partial charge in [-0.25, -0.2) is 13.8 Å². The summed E-state index contributed by atoms with van der Waals surface area (Å²) in [6, 6.07) is 13.8. The molecule has 0 fully saturated rings. The first-order valence-electron chi connectivity index (χ1n) is 8.60. The molecule has 1 aromatic heterocycles. The summed E-state index contributed by atoms with van der Waals surface area (Å²) in [5.74, 6) is 0.286. The zero-order valence-corrected chi connectivity index (χ0v) is 16.1. The first-order valence-corrected chi connectivity index (χ1v) is 9.01. The van der Waals surface area contributed by atoms with E-state index in [1.54, 1.807) is 30.3 Å². The minimum Gasteiger partial charge on any atom is -0.356 e. The van der Waals surface area contributed by atoms with Crippen LogP contribution in [0.25, 0.3) is 0 Å². The molecule has 0 unspecified atom stereocenters. The molecule has 0 spiro atoms. The van der Waals surface area contributed by atoms with Crippen molar-refractivity contribution in [2.24, 2.45) is 0 Å². The number of thiocarbonyl (C=S) groups is 1. The number of aryl methyl sites for hydroxylation is 1. The number of anilines is 3. The SMILES string of the molecule is Cc1cc(Nc2ccc(F)cc2)nc(NC(=S)N[C@H](C)c2ccc(F)cc2)n1. The minimum absolute atomic E-state index is 0.123. The van der Waals surface area contributed by atoms with Crippen LogP contribution in [0.5, 0.6) is 0 Å². The van der Waals surface area contributed by atoms with E-state index in [-0.39, 0.29) is 17.7 Å². The van der Waals surface area contributed by atoms with Crippen LogP contribution in [0, 0.1) is 18.6 Å². The van der Waals surface area contributed by atoms with E-state index >= 15 is 0 Å². The summed E-state index contributed by atoms with van der Waals surface area (Å²) < 4.78 is 26.1. The van der Waals surface area contributed by atoms with Gasteiger partial charge in [0.1, 0.15) is 17.5 Å². The number of hydrogen-bond donors (Lipinski definition) is 3. The van der Waals surface area contributed by atoms with Gasteiger partial charge in [0.2, 0.25) is 5.95 Å². The highest BCUT2D eigenvalue weighted by atomic mass is 32.1. The van der Waals surface area contributed by atoms with Gasteiger partial charge in [-0.05, 0) is 68.0 Å². The van der Waals surface area contributed by atoms with Gasteiger partial charge in [-0.15, -0.1) is 0 Å². The Kier molecular flexibility index (Phi) is 6.10. The molecule has 28 heavy (non-hydrogen) atoms. The standard InChI is InChI=1S/C20H19F2N5S/c1-12-11-18(25-17-9-7-16(22)8-10-17)26-19(23-12)27-20(28)24-13(2)14-3-5-15(21)6-4-14/h3-11,13H,1-2H3,(H3,23,24,25,26,27,28)/t13-/m1/s1. The average Bonchev–Trinajstić information content (AvgIpc) is 2.63. The monoisotopic (exact) mass is 399 g/mol. The van der Waals surface area contributed by atoms with Gasteiger partial charge >= 0.3 is 0 Å². The molecule has 3 N–H and O–H groups in total. The predicted molar refractivity (Wildman–Crippen MR) is 111 cm³/mol. The van der Waals surface area contributed by atoms with Crippen LogP contribution in [-0.2, 0) is 0 Å². The van der Waals surface area contributed by atoms with E-state index in [0.717, 1.165) is 11.3 Å². The molecule has 3 aromatic rings. The molecule has 0 aliphatic rings. The van der Waals surface area contributed by atoms with Crippen LogP contribution in [-0.4, -0.2) is 15.1 Å². The summed E-state index contributed by atoms with van der Waals surface area (Å²) in [4.78, 5) is 8.70. The first-order chi connectivity index (χ1) is 13.4. The Bertz CT molecular complexity index is 961. The second-order valence-electron chi connectivity index (χ2n) is 6.22. The van der Waals surface area contributed by atoms with Crippen molar-refractivity contribution in [2.75, 3.05) is 10.6 Å². The average molecular weight is 399 g/mol. The molecule has 0 amide bonds. The Morgan fingerprint density at radius 3 is 2.21 bits per heavy atom. The van der Waals surface area contributed by atoms with Gasteiger partial charge < -0.3 is 16.0 Å². The van der Waals surface area contributed by atoms with Crippen molar-refractivity contribution in [1.29, 1.82) is 0 Å². The van der Waals surface area contributed by atoms with E-state index in [1.807, 2.05) is 13.8 Å². The van der Waals surface area contributed by atoms with Gasteiger partial charge in [0.05, 0.1) is 6.04 Å². The highest BCUT2D eigenvalue weighted by molar-refractivity contribution is 7.80. The molecule has 0 radical (unpaired) electrons. The maximum Gasteiger partial charge on any atom is 0.231 e. The third kappa shape index (κ3) is 5.43. The maximum absolute atomic E-state index is 13.1. The Morgan fingerprint density at radius 1 is 0.964 bits per heavy atom. The molecular weight excluding hydrogens is 380 g/mol. The minimum atomic E-state index is -0.307. The van der Waals surface area contributed by atoms with Crippen molar-refractivity contribution in [3.05, 3.63) is 77.5 Å². The number of rotatable bonds is 5. The van der Waals surface area contributed by atoms with E-state index in [1.165, 1.54) is 24.3 Å². The van der Waals surface area contributed by atoms with Crippen molar-refractivity contribution in [2.45, 2.75) is 19.9 Å². The van der Waals surface area contributed by atoms with Crippen LogP contribution in [0.4, 0.5) is 26.2 Å². The van der Waals surface area contributed by atoms with Crippen LogP contribution < -0.4 is 16.0 Å². The fourth-order valence-electron chi connectivity index (χ4n) is 2.54. The quantitative estimate of drug-likeness (QED) is 0.533. The number of halogens is 2. The molecule has 0 aliphatic carbocycles. The normalized spacial score (nSPS) is 11.6. The smallest absolute Gasteiger partial charge is 0.231 e. The molecule has 0 saturated carbocycles. The Morgan fingerprint density at radius 2 is 1.57 bits per heavy atom. The molecule has 0 aliphatic heterocycles. The van der Waals surface area contributed by atoms with Crippen molar-refractivity contribution in [3.63, 3.8) is 0 Å². The van der Waals surface area contributed by atoms with Crippen molar-refractivity contribution < 1.29 is 8.78 Å². The lowest BCUT2D eigenvalue weighted by atomic mass is 10.1. The van der Waals surface area contributed by atoms with Crippen LogP contribution >= 0.6 is 12.2 Å². The van der Waals surface area contributed by atoms with E-state index < -0.39 is 0 Å². The van der Waals surface area contributed by atoms with Gasteiger partial charge in [-0.3, -0.25) is 0 Å². The van der Waals surface area contributed by atoms with Crippen LogP contribution in [0.1, 0.15) is 24.2 Å². The molecule has 2 aromatic carbocycles. The zero-order chi connectivity index (χ0) is 20.1. The molecular formula is C20H19F2N5S. The van der Waals surface area contributed by atoms with Crippen LogP contribution in [0.2, 0.25) is 0 Å². The van der Waals surface area contributed by atoms with Gasteiger partial charge in [0.15, 0.2) is 5.11 Å².